The van der Waals surface area contributed by atoms with Gasteiger partial charge in [-0.3, -0.25) is 0 Å². The summed E-state index contributed by atoms with van der Waals surface area (Å²) >= 11 is 6.13. The Morgan fingerprint density at radius 2 is 2.00 bits per heavy atom. The molecule has 0 saturated heterocycles. The Bertz CT molecular complexity index is 286. The number of halogens is 1. The SMILES string of the molecule is CN(C)C(CCN)c1ccccc1Cl. The number of nitrogens with zero attached hydrogens (tertiary/aromatic N) is 1. The summed E-state index contributed by atoms with van der Waals surface area (Å²) < 4.78 is 0. The minimum atomic E-state index is 0.314. The molecule has 3 heteroatoms. The number of nitrogens with two attached hydrogens (primary N) is 1. The minimum Gasteiger partial charge on any atom is -0.330 e. The van der Waals surface area contributed by atoms with Crippen LogP contribution in [0.2, 0.25) is 5.02 Å². The van der Waals surface area contributed by atoms with E-state index < -0.39 is 0 Å². The molecule has 0 bridgehead atoms. The fourth-order valence-electron chi connectivity index (χ4n) is 1.60. The lowest BCUT2D eigenvalue weighted by molar-refractivity contribution is 0.287. The molecule has 2 nitrogen and oxygen atoms in total. The molecule has 2 N–H and O–H groups in total. The first-order valence-electron chi connectivity index (χ1n) is 4.77. The zero-order valence-corrected chi connectivity index (χ0v) is 9.46. The van der Waals surface area contributed by atoms with E-state index in [9.17, 15) is 0 Å². The highest BCUT2D eigenvalue weighted by atomic mass is 35.5. The van der Waals surface area contributed by atoms with Crippen LogP contribution in [0, 0.1) is 0 Å². The Balaban J connectivity index is 2.93. The van der Waals surface area contributed by atoms with Crippen molar-refractivity contribution < 1.29 is 0 Å². The first kappa shape index (κ1) is 11.5. The summed E-state index contributed by atoms with van der Waals surface area (Å²) in [4.78, 5) is 2.15. The third-order valence-corrected chi connectivity index (χ3v) is 2.67. The van der Waals surface area contributed by atoms with Gasteiger partial charge >= 0.3 is 0 Å². The third-order valence-electron chi connectivity index (χ3n) is 2.33. The third kappa shape index (κ3) is 2.71. The van der Waals surface area contributed by atoms with E-state index >= 15 is 0 Å². The predicted octanol–water partition coefficient (Wildman–Crippen LogP) is 2.29. The van der Waals surface area contributed by atoms with Crippen LogP contribution in [0.5, 0.6) is 0 Å². The van der Waals surface area contributed by atoms with Crippen molar-refractivity contribution in [2.24, 2.45) is 5.73 Å². The number of rotatable bonds is 4. The van der Waals surface area contributed by atoms with E-state index in [4.69, 9.17) is 17.3 Å². The van der Waals surface area contributed by atoms with Gasteiger partial charge in [-0.1, -0.05) is 29.8 Å². The van der Waals surface area contributed by atoms with E-state index in [1.807, 2.05) is 32.3 Å². The lowest BCUT2D eigenvalue weighted by atomic mass is 10.0. The fourth-order valence-corrected chi connectivity index (χ4v) is 1.86. The maximum atomic E-state index is 6.13. The Morgan fingerprint density at radius 3 is 2.50 bits per heavy atom. The number of benzene rings is 1. The standard InChI is InChI=1S/C11H17ClN2/c1-14(2)11(7-8-13)9-5-3-4-6-10(9)12/h3-6,11H,7-8,13H2,1-2H3. The van der Waals surface area contributed by atoms with Crippen LogP contribution in [-0.4, -0.2) is 25.5 Å². The number of hydrogen-bond acceptors (Lipinski definition) is 2. The van der Waals surface area contributed by atoms with Gasteiger partial charge in [0.25, 0.3) is 0 Å². The first-order valence-corrected chi connectivity index (χ1v) is 5.15. The maximum Gasteiger partial charge on any atom is 0.0453 e. The molecule has 0 spiro atoms. The molecule has 1 unspecified atom stereocenters. The van der Waals surface area contributed by atoms with E-state index in [0.717, 1.165) is 17.0 Å². The highest BCUT2D eigenvalue weighted by Gasteiger charge is 2.15. The molecule has 0 aliphatic carbocycles. The van der Waals surface area contributed by atoms with Gasteiger partial charge in [0.2, 0.25) is 0 Å². The van der Waals surface area contributed by atoms with E-state index in [2.05, 4.69) is 11.0 Å². The van der Waals surface area contributed by atoms with Crippen molar-refractivity contribution in [3.8, 4) is 0 Å². The predicted molar refractivity (Wildman–Crippen MR) is 61.6 cm³/mol. The van der Waals surface area contributed by atoms with Crippen LogP contribution in [0.1, 0.15) is 18.0 Å². The number of hydrogen-bond donors (Lipinski definition) is 1. The van der Waals surface area contributed by atoms with Crippen molar-refractivity contribution in [3.63, 3.8) is 0 Å². The molecule has 0 radical (unpaired) electrons. The zero-order valence-electron chi connectivity index (χ0n) is 8.70. The molecule has 0 aliphatic heterocycles. The van der Waals surface area contributed by atoms with Crippen LogP contribution in [0.25, 0.3) is 0 Å². The molecule has 0 fully saturated rings. The molecule has 14 heavy (non-hydrogen) atoms. The van der Waals surface area contributed by atoms with E-state index in [-0.39, 0.29) is 0 Å². The van der Waals surface area contributed by atoms with Gasteiger partial charge in [-0.25, -0.2) is 0 Å². The van der Waals surface area contributed by atoms with Crippen molar-refractivity contribution in [3.05, 3.63) is 34.9 Å². The second-order valence-electron chi connectivity index (χ2n) is 3.58. The molecular formula is C11H17ClN2. The lowest BCUT2D eigenvalue weighted by Crippen LogP contribution is -2.23. The first-order chi connectivity index (χ1) is 6.66. The second-order valence-corrected chi connectivity index (χ2v) is 3.99. The monoisotopic (exact) mass is 212 g/mol. The summed E-state index contributed by atoms with van der Waals surface area (Å²) in [5.74, 6) is 0. The summed E-state index contributed by atoms with van der Waals surface area (Å²) in [7, 11) is 4.09. The maximum absolute atomic E-state index is 6.13. The van der Waals surface area contributed by atoms with Gasteiger partial charge in [0.1, 0.15) is 0 Å². The molecule has 1 atom stereocenters. The minimum absolute atomic E-state index is 0.314. The van der Waals surface area contributed by atoms with E-state index in [0.29, 0.717) is 12.6 Å². The van der Waals surface area contributed by atoms with Crippen molar-refractivity contribution in [2.75, 3.05) is 20.6 Å². The van der Waals surface area contributed by atoms with Gasteiger partial charge < -0.3 is 10.6 Å². The molecule has 1 aromatic rings. The Hall–Kier alpha value is -0.570. The van der Waals surface area contributed by atoms with Crippen molar-refractivity contribution in [2.45, 2.75) is 12.5 Å². The fraction of sp³-hybridized carbons (Fsp3) is 0.455. The summed E-state index contributed by atoms with van der Waals surface area (Å²) in [6, 6.07) is 8.25. The quantitative estimate of drug-likeness (QED) is 0.830. The molecule has 0 saturated carbocycles. The van der Waals surface area contributed by atoms with Crippen molar-refractivity contribution in [1.29, 1.82) is 0 Å². The lowest BCUT2D eigenvalue weighted by Gasteiger charge is -2.25. The van der Waals surface area contributed by atoms with Crippen LogP contribution in [0.4, 0.5) is 0 Å². The van der Waals surface area contributed by atoms with Gasteiger partial charge in [0.15, 0.2) is 0 Å². The molecule has 1 aromatic carbocycles. The largest absolute Gasteiger partial charge is 0.330 e. The van der Waals surface area contributed by atoms with E-state index in [1.165, 1.54) is 0 Å². The molecule has 78 valence electrons. The van der Waals surface area contributed by atoms with Crippen LogP contribution >= 0.6 is 11.6 Å². The van der Waals surface area contributed by atoms with Gasteiger partial charge in [-0.2, -0.15) is 0 Å². The molecule has 0 amide bonds. The molecular weight excluding hydrogens is 196 g/mol. The second kappa shape index (κ2) is 5.35. The van der Waals surface area contributed by atoms with E-state index in [1.54, 1.807) is 0 Å². The average molecular weight is 213 g/mol. The summed E-state index contributed by atoms with van der Waals surface area (Å²) in [6.45, 7) is 0.675. The summed E-state index contributed by atoms with van der Waals surface area (Å²) in [6.07, 6.45) is 0.927. The summed E-state index contributed by atoms with van der Waals surface area (Å²) in [5.41, 5.74) is 6.74. The van der Waals surface area contributed by atoms with Crippen molar-refractivity contribution in [1.82, 2.24) is 4.90 Å². The van der Waals surface area contributed by atoms with Crippen molar-refractivity contribution >= 4 is 11.6 Å². The zero-order chi connectivity index (χ0) is 10.6. The smallest absolute Gasteiger partial charge is 0.0453 e. The molecule has 1 rings (SSSR count). The highest BCUT2D eigenvalue weighted by Crippen LogP contribution is 2.27. The molecule has 0 heterocycles. The van der Waals surface area contributed by atoms with Gasteiger partial charge in [-0.15, -0.1) is 0 Å². The van der Waals surface area contributed by atoms with Gasteiger partial charge in [0.05, 0.1) is 0 Å². The van der Waals surface area contributed by atoms with Crippen LogP contribution in [0.15, 0.2) is 24.3 Å². The Morgan fingerprint density at radius 1 is 1.36 bits per heavy atom. The normalized spacial score (nSPS) is 13.2. The van der Waals surface area contributed by atoms with Gasteiger partial charge in [0, 0.05) is 11.1 Å². The topological polar surface area (TPSA) is 29.3 Å². The molecule has 0 aromatic heterocycles. The Labute approximate surface area is 90.7 Å². The van der Waals surface area contributed by atoms with Crippen LogP contribution in [-0.2, 0) is 0 Å². The van der Waals surface area contributed by atoms with Crippen LogP contribution in [0.3, 0.4) is 0 Å². The molecule has 0 aliphatic rings. The Kier molecular flexibility index (Phi) is 4.39. The summed E-state index contributed by atoms with van der Waals surface area (Å²) in [5, 5.41) is 0.819. The average Bonchev–Trinajstić information content (AvgIpc) is 2.15. The highest BCUT2D eigenvalue weighted by molar-refractivity contribution is 6.31. The van der Waals surface area contributed by atoms with Crippen LogP contribution < -0.4 is 5.73 Å². The van der Waals surface area contributed by atoms with Gasteiger partial charge in [-0.05, 0) is 38.7 Å².